The zero-order valence-corrected chi connectivity index (χ0v) is 20.5. The summed E-state index contributed by atoms with van der Waals surface area (Å²) in [4.78, 5) is 30.5. The van der Waals surface area contributed by atoms with Crippen LogP contribution < -0.4 is 15.1 Å². The molecule has 1 saturated carbocycles. The van der Waals surface area contributed by atoms with Gasteiger partial charge in [-0.1, -0.05) is 19.1 Å². The van der Waals surface area contributed by atoms with E-state index in [4.69, 9.17) is 9.97 Å². The number of pyridine rings is 1. The number of carbonyl (C=O) groups excluding carboxylic acids is 1. The van der Waals surface area contributed by atoms with Crippen molar-refractivity contribution in [2.75, 3.05) is 41.3 Å². The molecule has 1 aliphatic carbocycles. The van der Waals surface area contributed by atoms with Gasteiger partial charge in [-0.25, -0.2) is 4.98 Å². The molecule has 1 saturated heterocycles. The molecule has 1 N–H and O–H groups in total. The maximum Gasteiger partial charge on any atom is 0.224 e. The Morgan fingerprint density at radius 3 is 2.47 bits per heavy atom. The molecule has 0 atom stereocenters. The second kappa shape index (κ2) is 9.57. The molecule has 0 spiro atoms. The van der Waals surface area contributed by atoms with Crippen molar-refractivity contribution >= 4 is 34.1 Å². The first kappa shape index (κ1) is 22.5. The zero-order valence-electron chi connectivity index (χ0n) is 20.5. The van der Waals surface area contributed by atoms with Gasteiger partial charge in [0, 0.05) is 56.4 Å². The highest BCUT2D eigenvalue weighted by Crippen LogP contribution is 2.45. The van der Waals surface area contributed by atoms with Crippen LogP contribution in [-0.4, -0.2) is 47.0 Å². The topological polar surface area (TPSA) is 74.2 Å². The highest BCUT2D eigenvalue weighted by atomic mass is 16.1. The summed E-state index contributed by atoms with van der Waals surface area (Å²) in [6.07, 6.45) is 8.45. The van der Waals surface area contributed by atoms with Crippen molar-refractivity contribution in [3.63, 3.8) is 0 Å². The molecule has 6 rings (SSSR count). The summed E-state index contributed by atoms with van der Waals surface area (Å²) in [7, 11) is 0. The average molecular weight is 479 g/mol. The van der Waals surface area contributed by atoms with Crippen LogP contribution in [0.1, 0.15) is 37.7 Å². The second-order valence-electron chi connectivity index (χ2n) is 9.59. The van der Waals surface area contributed by atoms with Crippen molar-refractivity contribution in [2.24, 2.45) is 0 Å². The van der Waals surface area contributed by atoms with Crippen LogP contribution >= 0.6 is 0 Å². The Kier molecular flexibility index (Phi) is 5.97. The van der Waals surface area contributed by atoms with E-state index in [1.807, 2.05) is 31.6 Å². The lowest BCUT2D eigenvalue weighted by Gasteiger charge is -2.36. The van der Waals surface area contributed by atoms with Gasteiger partial charge in [0.05, 0.1) is 17.2 Å². The van der Waals surface area contributed by atoms with Crippen LogP contribution in [0.3, 0.4) is 0 Å². The summed E-state index contributed by atoms with van der Waals surface area (Å²) >= 11 is 0. The van der Waals surface area contributed by atoms with Gasteiger partial charge >= 0.3 is 0 Å². The minimum atomic E-state index is 0.0413. The first-order valence-corrected chi connectivity index (χ1v) is 12.8. The fourth-order valence-electron chi connectivity index (χ4n) is 4.96. The molecule has 2 aromatic heterocycles. The number of anilines is 3. The van der Waals surface area contributed by atoms with Crippen molar-refractivity contribution in [2.45, 2.75) is 32.1 Å². The monoisotopic (exact) mass is 478 g/mol. The summed E-state index contributed by atoms with van der Waals surface area (Å²) < 4.78 is 0. The normalized spacial score (nSPS) is 15.8. The highest BCUT2D eigenvalue weighted by molar-refractivity contribution is 5.91. The maximum atomic E-state index is 11.9. The largest absolute Gasteiger partial charge is 0.368 e. The molecule has 0 bridgehead atoms. The van der Waals surface area contributed by atoms with Gasteiger partial charge in [-0.05, 0) is 71.8 Å². The summed E-state index contributed by atoms with van der Waals surface area (Å²) in [6, 6.07) is 16.8. The van der Waals surface area contributed by atoms with E-state index < -0.39 is 0 Å². The van der Waals surface area contributed by atoms with Crippen LogP contribution in [0, 0.1) is 0 Å². The molecule has 182 valence electrons. The lowest BCUT2D eigenvalue weighted by Crippen LogP contribution is -2.46. The van der Waals surface area contributed by atoms with Crippen molar-refractivity contribution < 1.29 is 4.79 Å². The number of aromatic nitrogens is 3. The lowest BCUT2D eigenvalue weighted by atomic mass is 9.95. The number of hydrogen-bond acceptors (Lipinski definition) is 6. The van der Waals surface area contributed by atoms with Gasteiger partial charge < -0.3 is 15.1 Å². The minimum absolute atomic E-state index is 0.0413. The first-order valence-electron chi connectivity index (χ1n) is 12.8. The fourth-order valence-corrected chi connectivity index (χ4v) is 4.96. The van der Waals surface area contributed by atoms with Crippen molar-refractivity contribution in [3.8, 4) is 11.1 Å². The number of carbonyl (C=O) groups is 1. The van der Waals surface area contributed by atoms with Gasteiger partial charge in [0.2, 0.25) is 5.91 Å². The van der Waals surface area contributed by atoms with E-state index in [2.05, 4.69) is 62.6 Å². The number of amides is 1. The number of nitrogens with zero attached hydrogens (tertiary/aromatic N) is 5. The SMILES string of the molecule is CCC(=O)Nc1ccc(-c2ccc3ncc(N4CCN(c5ccncc5)CC4)nc3c2)c(C2CC2)c1. The van der Waals surface area contributed by atoms with Gasteiger partial charge in [0.15, 0.2) is 0 Å². The molecule has 7 heteroatoms. The third-order valence-electron chi connectivity index (χ3n) is 7.15. The molecule has 7 nitrogen and oxygen atoms in total. The molecule has 1 amide bonds. The van der Waals surface area contributed by atoms with Crippen LogP contribution in [-0.2, 0) is 4.79 Å². The average Bonchev–Trinajstić information content (AvgIpc) is 3.79. The van der Waals surface area contributed by atoms with E-state index in [0.29, 0.717) is 12.3 Å². The fraction of sp³-hybridized carbons (Fsp3) is 0.310. The van der Waals surface area contributed by atoms with Gasteiger partial charge in [0.1, 0.15) is 5.82 Å². The van der Waals surface area contributed by atoms with E-state index in [1.54, 1.807) is 0 Å². The van der Waals surface area contributed by atoms with E-state index in [0.717, 1.165) is 54.3 Å². The molecule has 2 fully saturated rings. The smallest absolute Gasteiger partial charge is 0.224 e. The third kappa shape index (κ3) is 4.61. The Morgan fingerprint density at radius 1 is 0.944 bits per heavy atom. The molecular formula is C29H30N6O. The third-order valence-corrected chi connectivity index (χ3v) is 7.15. The van der Waals surface area contributed by atoms with Crippen molar-refractivity contribution in [1.29, 1.82) is 0 Å². The molecule has 2 aromatic carbocycles. The van der Waals surface area contributed by atoms with Crippen LogP contribution in [0.2, 0.25) is 0 Å². The quantitative estimate of drug-likeness (QED) is 0.408. The number of benzene rings is 2. The molecule has 2 aliphatic rings. The molecule has 0 radical (unpaired) electrons. The van der Waals surface area contributed by atoms with Crippen molar-refractivity contribution in [1.82, 2.24) is 15.0 Å². The minimum Gasteiger partial charge on any atom is -0.368 e. The number of piperazine rings is 1. The zero-order chi connectivity index (χ0) is 24.5. The summed E-state index contributed by atoms with van der Waals surface area (Å²) in [5.41, 5.74) is 7.56. The van der Waals surface area contributed by atoms with Gasteiger partial charge in [0.25, 0.3) is 0 Å². The van der Waals surface area contributed by atoms with Crippen molar-refractivity contribution in [3.05, 3.63) is 72.7 Å². The molecule has 4 aromatic rings. The van der Waals surface area contributed by atoms with Gasteiger partial charge in [-0.2, -0.15) is 0 Å². The molecule has 1 aliphatic heterocycles. The van der Waals surface area contributed by atoms with E-state index in [-0.39, 0.29) is 5.91 Å². The first-order chi connectivity index (χ1) is 17.7. The predicted molar refractivity (Wildman–Crippen MR) is 145 cm³/mol. The van der Waals surface area contributed by atoms with Crippen LogP contribution in [0.4, 0.5) is 17.2 Å². The number of fused-ring (bicyclic) bond motifs is 1. The van der Waals surface area contributed by atoms with E-state index >= 15 is 0 Å². The standard InChI is InChI=1S/C29H30N6O/c1-2-29(36)32-22-6-7-24(25(18-22)20-3-4-20)21-5-8-26-27(17-21)33-28(19-31-26)35-15-13-34(14-16-35)23-9-11-30-12-10-23/h5-12,17-20H,2-4,13-16H2,1H3,(H,32,36). The Morgan fingerprint density at radius 2 is 1.72 bits per heavy atom. The number of hydrogen-bond donors (Lipinski definition) is 1. The molecule has 36 heavy (non-hydrogen) atoms. The molecule has 0 unspecified atom stereocenters. The Balaban J connectivity index is 1.25. The summed E-state index contributed by atoms with van der Waals surface area (Å²) in [5, 5.41) is 3.01. The lowest BCUT2D eigenvalue weighted by molar-refractivity contribution is -0.115. The maximum absolute atomic E-state index is 11.9. The van der Waals surface area contributed by atoms with Gasteiger partial charge in [-0.3, -0.25) is 14.8 Å². The van der Waals surface area contributed by atoms with E-state index in [1.165, 1.54) is 29.7 Å². The van der Waals surface area contributed by atoms with Gasteiger partial charge in [-0.15, -0.1) is 0 Å². The second-order valence-corrected chi connectivity index (χ2v) is 9.59. The summed E-state index contributed by atoms with van der Waals surface area (Å²) in [6.45, 7) is 5.56. The molecule has 3 heterocycles. The van der Waals surface area contributed by atoms with Crippen LogP contribution in [0.25, 0.3) is 22.2 Å². The summed E-state index contributed by atoms with van der Waals surface area (Å²) in [5.74, 6) is 1.52. The Hall–Kier alpha value is -4.00. The van der Waals surface area contributed by atoms with E-state index in [9.17, 15) is 4.79 Å². The predicted octanol–water partition coefficient (Wildman–Crippen LogP) is 5.24. The Labute approximate surface area is 211 Å². The molecular weight excluding hydrogens is 448 g/mol. The highest BCUT2D eigenvalue weighted by Gasteiger charge is 2.27. The van der Waals surface area contributed by atoms with Crippen LogP contribution in [0.5, 0.6) is 0 Å². The number of nitrogens with one attached hydrogen (secondary N) is 1. The Bertz CT molecular complexity index is 1390. The number of rotatable bonds is 6. The van der Waals surface area contributed by atoms with Crippen LogP contribution in [0.15, 0.2) is 67.1 Å².